The summed E-state index contributed by atoms with van der Waals surface area (Å²) in [4.78, 5) is 0. The van der Waals surface area contributed by atoms with Crippen LogP contribution in [0.2, 0.25) is 0 Å². The Balaban J connectivity index is 3.92. The van der Waals surface area contributed by atoms with Crippen molar-refractivity contribution in [2.45, 2.75) is 91.6 Å². The molecular weight excluding hydrogens is 619 g/mol. The van der Waals surface area contributed by atoms with E-state index in [9.17, 15) is 87.8 Å². The van der Waals surface area contributed by atoms with E-state index >= 15 is 4.39 Å². The van der Waals surface area contributed by atoms with Gasteiger partial charge in [0.15, 0.2) is 0 Å². The SMILES string of the molecule is CC1(C)C(F)(C(F)(F)CCCO)C1(F)C(F)(F)C(F)(F)C(F)(F)C(F)(F)C(F)(F)C(F)(C(F)(F)F)C(F)(F)F. The summed E-state index contributed by atoms with van der Waals surface area (Å²) in [6.07, 6.45) is -20.3. The van der Waals surface area contributed by atoms with Crippen molar-refractivity contribution in [3.05, 3.63) is 0 Å². The van der Waals surface area contributed by atoms with Crippen LogP contribution in [0.1, 0.15) is 26.7 Å². The molecule has 0 aliphatic heterocycles. The maximum atomic E-state index is 15.0. The second kappa shape index (κ2) is 8.51. The van der Waals surface area contributed by atoms with E-state index in [1.54, 1.807) is 0 Å². The topological polar surface area (TPSA) is 20.2 Å². The highest BCUT2D eigenvalue weighted by Gasteiger charge is 3.07. The fraction of sp³-hybridized carbons (Fsp3) is 1.00. The van der Waals surface area contributed by atoms with E-state index in [2.05, 4.69) is 0 Å². The molecule has 1 N–H and O–H groups in total. The molecule has 1 nitrogen and oxygen atoms in total. The van der Waals surface area contributed by atoms with Gasteiger partial charge in [0, 0.05) is 13.0 Å². The van der Waals surface area contributed by atoms with Gasteiger partial charge < -0.3 is 5.11 Å². The lowest BCUT2D eigenvalue weighted by Gasteiger charge is -2.45. The molecule has 1 rings (SSSR count). The summed E-state index contributed by atoms with van der Waals surface area (Å²) in [7, 11) is 0. The van der Waals surface area contributed by atoms with E-state index < -0.39 is 104 Å². The van der Waals surface area contributed by atoms with Crippen molar-refractivity contribution in [1.29, 1.82) is 0 Å². The fourth-order valence-electron chi connectivity index (χ4n) is 4.10. The molecule has 234 valence electrons. The highest BCUT2D eigenvalue weighted by Crippen LogP contribution is 2.82. The molecule has 0 saturated heterocycles. The summed E-state index contributed by atoms with van der Waals surface area (Å²) in [5.41, 5.74) is -25.4. The first-order chi connectivity index (χ1) is 16.6. The van der Waals surface area contributed by atoms with E-state index in [4.69, 9.17) is 5.11 Å². The first kappa shape index (κ1) is 35.5. The molecule has 1 saturated carbocycles. The Hall–Kier alpha value is -1.51. The summed E-state index contributed by atoms with van der Waals surface area (Å²) in [6, 6.07) is 0. The van der Waals surface area contributed by atoms with Crippen molar-refractivity contribution >= 4 is 0 Å². The number of aliphatic hydroxyl groups is 1. The van der Waals surface area contributed by atoms with Gasteiger partial charge in [0.1, 0.15) is 0 Å². The highest BCUT2D eigenvalue weighted by molar-refractivity contribution is 5.43. The lowest BCUT2D eigenvalue weighted by molar-refractivity contribution is -0.468. The predicted octanol–water partition coefficient (Wildman–Crippen LogP) is 7.86. The van der Waals surface area contributed by atoms with E-state index in [0.717, 1.165) is 0 Å². The summed E-state index contributed by atoms with van der Waals surface area (Å²) < 4.78 is 287. The van der Waals surface area contributed by atoms with Crippen LogP contribution in [0.25, 0.3) is 0 Å². The van der Waals surface area contributed by atoms with Gasteiger partial charge >= 0.3 is 47.6 Å². The van der Waals surface area contributed by atoms with Gasteiger partial charge in [-0.2, -0.15) is 70.2 Å². The Morgan fingerprint density at radius 1 is 0.513 bits per heavy atom. The van der Waals surface area contributed by atoms with Crippen LogP contribution >= 0.6 is 0 Å². The van der Waals surface area contributed by atoms with E-state index in [1.165, 1.54) is 0 Å². The molecule has 0 amide bonds. The molecule has 0 aromatic rings. The number of rotatable bonds is 10. The second-order valence-electron chi connectivity index (χ2n) is 9.00. The van der Waals surface area contributed by atoms with Crippen LogP contribution in [0.3, 0.4) is 0 Å². The molecule has 0 aromatic carbocycles. The van der Waals surface area contributed by atoms with Gasteiger partial charge in [-0.25, -0.2) is 22.0 Å². The van der Waals surface area contributed by atoms with Crippen molar-refractivity contribution in [2.24, 2.45) is 5.41 Å². The molecule has 0 bridgehead atoms. The largest absolute Gasteiger partial charge is 0.438 e. The van der Waals surface area contributed by atoms with Gasteiger partial charge in [-0.15, -0.1) is 0 Å². The lowest BCUT2D eigenvalue weighted by Crippen LogP contribution is -2.77. The molecule has 0 radical (unpaired) electrons. The van der Waals surface area contributed by atoms with Crippen LogP contribution < -0.4 is 0 Å². The van der Waals surface area contributed by atoms with Crippen LogP contribution in [0.4, 0.5) is 92.2 Å². The minimum atomic E-state index is -9.17. The molecule has 39 heavy (non-hydrogen) atoms. The number of halogens is 21. The second-order valence-corrected chi connectivity index (χ2v) is 9.00. The van der Waals surface area contributed by atoms with E-state index in [0.29, 0.717) is 0 Å². The Morgan fingerprint density at radius 2 is 0.846 bits per heavy atom. The number of hydrogen-bond donors (Lipinski definition) is 1. The predicted molar refractivity (Wildman–Crippen MR) is 83.4 cm³/mol. The van der Waals surface area contributed by atoms with Crippen LogP contribution in [0.5, 0.6) is 0 Å². The first-order valence-electron chi connectivity index (χ1n) is 9.64. The lowest BCUT2D eigenvalue weighted by atomic mass is 9.82. The zero-order chi connectivity index (χ0) is 32.1. The van der Waals surface area contributed by atoms with Gasteiger partial charge in [-0.05, 0) is 6.42 Å². The quantitative estimate of drug-likeness (QED) is 0.243. The Labute approximate surface area is 202 Å². The molecule has 2 atom stereocenters. The summed E-state index contributed by atoms with van der Waals surface area (Å²) in [5, 5.41) is 8.46. The molecule has 0 aromatic heterocycles. The van der Waals surface area contributed by atoms with E-state index in [-0.39, 0.29) is 0 Å². The summed E-state index contributed by atoms with van der Waals surface area (Å²) in [6.45, 7) is -2.25. The van der Waals surface area contributed by atoms with Gasteiger partial charge in [0.05, 0.1) is 5.41 Å². The third-order valence-electron chi connectivity index (χ3n) is 6.51. The molecule has 1 aliphatic rings. The summed E-state index contributed by atoms with van der Waals surface area (Å²) >= 11 is 0. The van der Waals surface area contributed by atoms with Crippen molar-refractivity contribution in [2.75, 3.05) is 6.61 Å². The maximum absolute atomic E-state index is 15.0. The van der Waals surface area contributed by atoms with Gasteiger partial charge in [0.25, 0.3) is 5.92 Å². The van der Waals surface area contributed by atoms with Gasteiger partial charge in [-0.3, -0.25) is 0 Å². The summed E-state index contributed by atoms with van der Waals surface area (Å²) in [5.74, 6) is -49.8. The molecule has 22 heteroatoms. The van der Waals surface area contributed by atoms with Gasteiger partial charge in [-0.1, -0.05) is 13.8 Å². The first-order valence-corrected chi connectivity index (χ1v) is 9.64. The molecule has 2 unspecified atom stereocenters. The minimum absolute atomic E-state index is 0.450. The van der Waals surface area contributed by atoms with Crippen LogP contribution in [0, 0.1) is 5.41 Å². The standard InChI is InChI=1S/C17H13F21O/c1-6(2)8(20,7(18,19)4-3-5-39)9(6,21)11(23,24)13(27,28)15(31,32)14(29,30)12(25,26)10(22,16(33,34)35)17(36,37)38/h39H,3-5H2,1-2H3. The average Bonchev–Trinajstić information content (AvgIpc) is 3.10. The number of hydrogen-bond acceptors (Lipinski definition) is 1. The number of aliphatic hydroxyl groups excluding tert-OH is 1. The molecular formula is C17H13F21O. The molecule has 1 fully saturated rings. The van der Waals surface area contributed by atoms with Crippen molar-refractivity contribution in [3.8, 4) is 0 Å². The Bertz CT molecular complexity index is 916. The van der Waals surface area contributed by atoms with Gasteiger partial charge in [0.2, 0.25) is 11.3 Å². The van der Waals surface area contributed by atoms with Crippen molar-refractivity contribution in [1.82, 2.24) is 0 Å². The average molecular weight is 632 g/mol. The number of alkyl halides is 21. The highest BCUT2D eigenvalue weighted by atomic mass is 19.4. The molecule has 0 heterocycles. The molecule has 0 spiro atoms. The minimum Gasteiger partial charge on any atom is -0.396 e. The normalized spacial score (nSPS) is 26.2. The van der Waals surface area contributed by atoms with Crippen molar-refractivity contribution in [3.63, 3.8) is 0 Å². The van der Waals surface area contributed by atoms with E-state index in [1.807, 2.05) is 0 Å². The monoisotopic (exact) mass is 632 g/mol. The Morgan fingerprint density at radius 3 is 1.15 bits per heavy atom. The molecule has 1 aliphatic carbocycles. The third kappa shape index (κ3) is 3.62. The zero-order valence-electron chi connectivity index (χ0n) is 18.5. The van der Waals surface area contributed by atoms with Crippen LogP contribution in [0.15, 0.2) is 0 Å². The zero-order valence-corrected chi connectivity index (χ0v) is 18.5. The third-order valence-corrected chi connectivity index (χ3v) is 6.51. The fourth-order valence-corrected chi connectivity index (χ4v) is 4.10. The van der Waals surface area contributed by atoms with Crippen molar-refractivity contribution < 1.29 is 97.3 Å². The smallest absolute Gasteiger partial charge is 0.396 e. The Kier molecular flexibility index (Phi) is 7.75. The maximum Gasteiger partial charge on any atom is 0.438 e. The van der Waals surface area contributed by atoms with Crippen LogP contribution in [-0.4, -0.2) is 76.6 Å². The van der Waals surface area contributed by atoms with Crippen LogP contribution in [-0.2, 0) is 0 Å².